The Morgan fingerprint density at radius 2 is 1.61 bits per heavy atom. The van der Waals surface area contributed by atoms with Crippen molar-refractivity contribution in [2.24, 2.45) is 11.7 Å². The Morgan fingerprint density at radius 1 is 1.11 bits per heavy atom. The van der Waals surface area contributed by atoms with E-state index in [1.807, 2.05) is 58.9 Å². The molecular formula is C15H25NO2. The van der Waals surface area contributed by atoms with Gasteiger partial charge in [-0.05, 0) is 44.4 Å². The van der Waals surface area contributed by atoms with Crippen molar-refractivity contribution in [3.05, 3.63) is 29.8 Å². The van der Waals surface area contributed by atoms with Crippen LogP contribution >= 0.6 is 0 Å². The van der Waals surface area contributed by atoms with Crippen LogP contribution in [0, 0.1) is 5.92 Å². The molecule has 0 aliphatic carbocycles. The highest BCUT2D eigenvalue weighted by Crippen LogP contribution is 2.23. The van der Waals surface area contributed by atoms with Crippen molar-refractivity contribution in [2.45, 2.75) is 52.4 Å². The second-order valence-corrected chi connectivity index (χ2v) is 6.04. The second kappa shape index (κ2) is 5.72. The highest BCUT2D eigenvalue weighted by molar-refractivity contribution is 5.30. The summed E-state index contributed by atoms with van der Waals surface area (Å²) in [6.45, 7) is 9.95. The zero-order valence-corrected chi connectivity index (χ0v) is 12.0. The van der Waals surface area contributed by atoms with Gasteiger partial charge < -0.3 is 15.6 Å². The topological polar surface area (TPSA) is 55.5 Å². The molecule has 0 heterocycles. The quantitative estimate of drug-likeness (QED) is 0.865. The lowest BCUT2D eigenvalue weighted by Crippen LogP contribution is -2.30. The fourth-order valence-electron chi connectivity index (χ4n) is 1.72. The summed E-state index contributed by atoms with van der Waals surface area (Å²) >= 11 is 0. The van der Waals surface area contributed by atoms with Gasteiger partial charge in [-0.2, -0.15) is 0 Å². The molecule has 1 aromatic carbocycles. The predicted molar refractivity (Wildman–Crippen MR) is 74.6 cm³/mol. The van der Waals surface area contributed by atoms with Crippen molar-refractivity contribution in [3.8, 4) is 5.75 Å². The molecule has 3 heteroatoms. The number of nitrogens with two attached hydrogens (primary N) is 1. The Balaban J connectivity index is 2.77. The summed E-state index contributed by atoms with van der Waals surface area (Å²) in [5, 5.41) is 9.95. The lowest BCUT2D eigenvalue weighted by Gasteiger charge is -2.24. The van der Waals surface area contributed by atoms with Crippen molar-refractivity contribution >= 4 is 0 Å². The molecule has 0 aliphatic heterocycles. The third-order valence-electron chi connectivity index (χ3n) is 2.74. The lowest BCUT2D eigenvalue weighted by molar-refractivity contribution is 0.0977. The van der Waals surface area contributed by atoms with Crippen LogP contribution in [0.4, 0.5) is 0 Å². The van der Waals surface area contributed by atoms with Crippen LogP contribution in [0.2, 0.25) is 0 Å². The molecule has 3 nitrogen and oxygen atoms in total. The van der Waals surface area contributed by atoms with Gasteiger partial charge in [0.15, 0.2) is 0 Å². The van der Waals surface area contributed by atoms with Crippen LogP contribution in [0.15, 0.2) is 24.3 Å². The summed E-state index contributed by atoms with van der Waals surface area (Å²) < 4.78 is 5.74. The average Bonchev–Trinajstić information content (AvgIpc) is 2.26. The lowest BCUT2D eigenvalue weighted by atomic mass is 9.94. The van der Waals surface area contributed by atoms with E-state index >= 15 is 0 Å². The Morgan fingerprint density at radius 3 is 2.00 bits per heavy atom. The van der Waals surface area contributed by atoms with Crippen molar-refractivity contribution < 1.29 is 9.84 Å². The van der Waals surface area contributed by atoms with Gasteiger partial charge in [0.2, 0.25) is 0 Å². The number of aliphatic hydroxyl groups is 1. The van der Waals surface area contributed by atoms with Gasteiger partial charge in [0.05, 0.1) is 12.1 Å². The standard InChI is InChI=1S/C15H25NO2/c1-10(2)14(17)13(16)11-6-8-12(9-7-11)18-15(3,4)5/h6-10,13-14,17H,16H2,1-5H3/t13-,14+/m0/s1. The van der Waals surface area contributed by atoms with Crippen molar-refractivity contribution in [2.75, 3.05) is 0 Å². The van der Waals surface area contributed by atoms with Crippen LogP contribution in [0.1, 0.15) is 46.2 Å². The first-order valence-corrected chi connectivity index (χ1v) is 6.43. The van der Waals surface area contributed by atoms with Crippen LogP contribution in [0.3, 0.4) is 0 Å². The predicted octanol–water partition coefficient (Wildman–Crippen LogP) is 2.88. The minimum Gasteiger partial charge on any atom is -0.488 e. The highest BCUT2D eigenvalue weighted by atomic mass is 16.5. The monoisotopic (exact) mass is 251 g/mol. The van der Waals surface area contributed by atoms with Crippen molar-refractivity contribution in [3.63, 3.8) is 0 Å². The zero-order valence-electron chi connectivity index (χ0n) is 12.0. The molecule has 0 fully saturated rings. The van der Waals surface area contributed by atoms with Crippen LogP contribution < -0.4 is 10.5 Å². The number of benzene rings is 1. The largest absolute Gasteiger partial charge is 0.488 e. The van der Waals surface area contributed by atoms with Gasteiger partial charge in [-0.25, -0.2) is 0 Å². The van der Waals surface area contributed by atoms with Gasteiger partial charge in [0.25, 0.3) is 0 Å². The molecule has 18 heavy (non-hydrogen) atoms. The van der Waals surface area contributed by atoms with Crippen LogP contribution in [0.25, 0.3) is 0 Å². The van der Waals surface area contributed by atoms with E-state index in [2.05, 4.69) is 0 Å². The smallest absolute Gasteiger partial charge is 0.120 e. The zero-order chi connectivity index (χ0) is 13.9. The molecule has 0 aromatic heterocycles. The van der Waals surface area contributed by atoms with E-state index in [1.165, 1.54) is 0 Å². The Hall–Kier alpha value is -1.06. The van der Waals surface area contributed by atoms with Crippen molar-refractivity contribution in [1.29, 1.82) is 0 Å². The third kappa shape index (κ3) is 4.31. The van der Waals surface area contributed by atoms with E-state index in [0.29, 0.717) is 0 Å². The minimum absolute atomic E-state index is 0.144. The minimum atomic E-state index is -0.528. The van der Waals surface area contributed by atoms with E-state index in [0.717, 1.165) is 11.3 Å². The number of ether oxygens (including phenoxy) is 1. The maximum atomic E-state index is 9.95. The highest BCUT2D eigenvalue weighted by Gasteiger charge is 2.20. The van der Waals surface area contributed by atoms with Crippen molar-refractivity contribution in [1.82, 2.24) is 0 Å². The second-order valence-electron chi connectivity index (χ2n) is 6.04. The summed E-state index contributed by atoms with van der Waals surface area (Å²) in [7, 11) is 0. The van der Waals surface area contributed by atoms with E-state index in [-0.39, 0.29) is 17.6 Å². The molecule has 0 aliphatic rings. The van der Waals surface area contributed by atoms with Gasteiger partial charge in [-0.15, -0.1) is 0 Å². The molecule has 0 spiro atoms. The maximum Gasteiger partial charge on any atom is 0.120 e. The van der Waals surface area contributed by atoms with Crippen LogP contribution in [0.5, 0.6) is 5.75 Å². The fourth-order valence-corrected chi connectivity index (χ4v) is 1.72. The van der Waals surface area contributed by atoms with Gasteiger partial charge in [0.1, 0.15) is 11.4 Å². The average molecular weight is 251 g/mol. The van der Waals surface area contributed by atoms with Gasteiger partial charge in [0, 0.05) is 0 Å². The SMILES string of the molecule is CC(C)[C@@H](O)[C@@H](N)c1ccc(OC(C)(C)C)cc1. The molecule has 0 amide bonds. The Labute approximate surface area is 110 Å². The summed E-state index contributed by atoms with van der Waals surface area (Å²) in [5.74, 6) is 0.961. The molecule has 0 saturated heterocycles. The summed E-state index contributed by atoms with van der Waals surface area (Å²) in [6.07, 6.45) is -0.528. The number of aliphatic hydroxyl groups excluding tert-OH is 1. The fraction of sp³-hybridized carbons (Fsp3) is 0.600. The number of hydrogen-bond donors (Lipinski definition) is 2. The van der Waals surface area contributed by atoms with E-state index in [1.54, 1.807) is 0 Å². The van der Waals surface area contributed by atoms with Crippen LogP contribution in [-0.4, -0.2) is 16.8 Å². The molecule has 2 atom stereocenters. The Kier molecular flexibility index (Phi) is 4.77. The molecule has 1 aromatic rings. The first-order chi connectivity index (χ1) is 8.20. The molecule has 3 N–H and O–H groups in total. The maximum absolute atomic E-state index is 9.95. The molecule has 1 rings (SSSR count). The summed E-state index contributed by atoms with van der Waals surface area (Å²) in [4.78, 5) is 0. The molecule has 102 valence electrons. The first-order valence-electron chi connectivity index (χ1n) is 6.43. The van der Waals surface area contributed by atoms with Gasteiger partial charge >= 0.3 is 0 Å². The third-order valence-corrected chi connectivity index (χ3v) is 2.74. The number of rotatable bonds is 4. The molecule has 0 radical (unpaired) electrons. The summed E-state index contributed by atoms with van der Waals surface area (Å²) in [6, 6.07) is 7.27. The summed E-state index contributed by atoms with van der Waals surface area (Å²) in [5.41, 5.74) is 6.75. The first kappa shape index (κ1) is 15.0. The normalized spacial score (nSPS) is 15.6. The molecule has 0 bridgehead atoms. The Bertz CT molecular complexity index is 365. The molecular weight excluding hydrogens is 226 g/mol. The van der Waals surface area contributed by atoms with E-state index < -0.39 is 6.10 Å². The van der Waals surface area contributed by atoms with E-state index in [9.17, 15) is 5.11 Å². The van der Waals surface area contributed by atoms with Gasteiger partial charge in [-0.3, -0.25) is 0 Å². The van der Waals surface area contributed by atoms with Gasteiger partial charge in [-0.1, -0.05) is 26.0 Å². The molecule has 0 unspecified atom stereocenters. The molecule has 0 saturated carbocycles. The van der Waals surface area contributed by atoms with Crippen LogP contribution in [-0.2, 0) is 0 Å². The van der Waals surface area contributed by atoms with E-state index in [4.69, 9.17) is 10.5 Å². The number of hydrogen-bond acceptors (Lipinski definition) is 3.